The summed E-state index contributed by atoms with van der Waals surface area (Å²) in [5.41, 5.74) is 9.25. The second kappa shape index (κ2) is 6.35. The lowest BCUT2D eigenvalue weighted by atomic mass is 10.0. The summed E-state index contributed by atoms with van der Waals surface area (Å²) in [5, 5.41) is 4.44. The molecule has 0 radical (unpaired) electrons. The van der Waals surface area contributed by atoms with Crippen LogP contribution in [0.5, 0.6) is 0 Å². The van der Waals surface area contributed by atoms with Crippen LogP contribution in [0.25, 0.3) is 0 Å². The number of aryl methyl sites for hydroxylation is 1. The van der Waals surface area contributed by atoms with Crippen LogP contribution in [0.4, 0.5) is 8.78 Å². The van der Waals surface area contributed by atoms with E-state index in [-0.39, 0.29) is 12.6 Å². The summed E-state index contributed by atoms with van der Waals surface area (Å²) in [6, 6.07) is 3.56. The van der Waals surface area contributed by atoms with E-state index in [2.05, 4.69) is 5.10 Å². The van der Waals surface area contributed by atoms with E-state index in [0.29, 0.717) is 5.56 Å². The van der Waals surface area contributed by atoms with Crippen molar-refractivity contribution in [2.75, 3.05) is 0 Å². The molecule has 2 rings (SSSR count). The Labute approximate surface area is 123 Å². The third-order valence-corrected chi connectivity index (χ3v) is 3.85. The summed E-state index contributed by atoms with van der Waals surface area (Å²) in [7, 11) is 0. The molecule has 0 saturated carbocycles. The minimum atomic E-state index is -0.443. The molecule has 0 saturated heterocycles. The van der Waals surface area contributed by atoms with E-state index < -0.39 is 11.6 Å². The van der Waals surface area contributed by atoms with Crippen molar-refractivity contribution in [1.29, 1.82) is 0 Å². The fourth-order valence-electron chi connectivity index (χ4n) is 2.42. The SMILES string of the molecule is CCC(N)Cc1c(C)nn(Cc2cc(F)ccc2F)c1C. The van der Waals surface area contributed by atoms with Gasteiger partial charge in [0.1, 0.15) is 11.6 Å². The van der Waals surface area contributed by atoms with Crippen LogP contribution in [0.15, 0.2) is 18.2 Å². The molecular weight excluding hydrogens is 272 g/mol. The summed E-state index contributed by atoms with van der Waals surface area (Å²) in [5.74, 6) is -0.864. The second-order valence-electron chi connectivity index (χ2n) is 5.42. The molecule has 0 aliphatic heterocycles. The van der Waals surface area contributed by atoms with Gasteiger partial charge in [0.05, 0.1) is 12.2 Å². The zero-order valence-electron chi connectivity index (χ0n) is 12.7. The molecular formula is C16H21F2N3. The fraction of sp³-hybridized carbons (Fsp3) is 0.438. The van der Waals surface area contributed by atoms with Crippen molar-refractivity contribution >= 4 is 0 Å². The summed E-state index contributed by atoms with van der Waals surface area (Å²) in [6.45, 7) is 6.12. The Kier molecular flexibility index (Phi) is 4.73. The predicted molar refractivity (Wildman–Crippen MR) is 79.1 cm³/mol. The Morgan fingerprint density at radius 2 is 2.00 bits per heavy atom. The second-order valence-corrected chi connectivity index (χ2v) is 5.42. The van der Waals surface area contributed by atoms with Gasteiger partial charge in [-0.05, 0) is 50.5 Å². The molecule has 0 spiro atoms. The first-order chi connectivity index (χ1) is 9.92. The average Bonchev–Trinajstić information content (AvgIpc) is 2.70. The van der Waals surface area contributed by atoms with Gasteiger partial charge in [-0.15, -0.1) is 0 Å². The Balaban J connectivity index is 2.29. The first kappa shape index (κ1) is 15.6. The molecule has 114 valence electrons. The van der Waals surface area contributed by atoms with Gasteiger partial charge in [-0.2, -0.15) is 5.10 Å². The first-order valence-electron chi connectivity index (χ1n) is 7.14. The average molecular weight is 293 g/mol. The van der Waals surface area contributed by atoms with Crippen LogP contribution in [0.3, 0.4) is 0 Å². The molecule has 0 aliphatic rings. The van der Waals surface area contributed by atoms with Crippen LogP contribution in [-0.4, -0.2) is 15.8 Å². The van der Waals surface area contributed by atoms with E-state index in [1.165, 1.54) is 6.07 Å². The molecule has 1 aromatic heterocycles. The molecule has 1 heterocycles. The van der Waals surface area contributed by atoms with Gasteiger partial charge in [-0.3, -0.25) is 4.68 Å². The molecule has 21 heavy (non-hydrogen) atoms. The summed E-state index contributed by atoms with van der Waals surface area (Å²) in [6.07, 6.45) is 1.64. The highest BCUT2D eigenvalue weighted by Gasteiger charge is 2.15. The lowest BCUT2D eigenvalue weighted by molar-refractivity contribution is 0.561. The van der Waals surface area contributed by atoms with E-state index in [1.807, 2.05) is 20.8 Å². The summed E-state index contributed by atoms with van der Waals surface area (Å²) < 4.78 is 28.7. The van der Waals surface area contributed by atoms with Gasteiger partial charge < -0.3 is 5.73 Å². The number of hydrogen-bond donors (Lipinski definition) is 1. The van der Waals surface area contributed by atoms with Crippen LogP contribution in [0, 0.1) is 25.5 Å². The first-order valence-corrected chi connectivity index (χ1v) is 7.14. The van der Waals surface area contributed by atoms with E-state index in [0.717, 1.165) is 41.9 Å². The number of nitrogens with zero attached hydrogens (tertiary/aromatic N) is 2. The van der Waals surface area contributed by atoms with E-state index in [9.17, 15) is 8.78 Å². The maximum absolute atomic E-state index is 13.7. The summed E-state index contributed by atoms with van der Waals surface area (Å²) in [4.78, 5) is 0. The predicted octanol–water partition coefficient (Wildman–Crippen LogP) is 3.11. The van der Waals surface area contributed by atoms with Crippen molar-refractivity contribution in [3.8, 4) is 0 Å². The zero-order valence-corrected chi connectivity index (χ0v) is 12.7. The Hall–Kier alpha value is -1.75. The monoisotopic (exact) mass is 293 g/mol. The molecule has 5 heteroatoms. The third kappa shape index (κ3) is 3.47. The zero-order chi connectivity index (χ0) is 15.6. The molecule has 3 nitrogen and oxygen atoms in total. The smallest absolute Gasteiger partial charge is 0.128 e. The largest absolute Gasteiger partial charge is 0.327 e. The van der Waals surface area contributed by atoms with Crippen molar-refractivity contribution in [2.24, 2.45) is 5.73 Å². The number of hydrogen-bond acceptors (Lipinski definition) is 2. The quantitative estimate of drug-likeness (QED) is 0.920. The minimum Gasteiger partial charge on any atom is -0.327 e. The highest BCUT2D eigenvalue weighted by Crippen LogP contribution is 2.18. The van der Waals surface area contributed by atoms with E-state index in [4.69, 9.17) is 5.73 Å². The van der Waals surface area contributed by atoms with Crippen LogP contribution >= 0.6 is 0 Å². The van der Waals surface area contributed by atoms with Crippen LogP contribution in [0.1, 0.15) is 35.9 Å². The Morgan fingerprint density at radius 1 is 1.29 bits per heavy atom. The Morgan fingerprint density at radius 3 is 2.67 bits per heavy atom. The van der Waals surface area contributed by atoms with Gasteiger partial charge >= 0.3 is 0 Å². The fourth-order valence-corrected chi connectivity index (χ4v) is 2.42. The number of halogens is 2. The number of benzene rings is 1. The molecule has 2 aromatic rings. The molecule has 1 atom stereocenters. The van der Waals surface area contributed by atoms with Crippen LogP contribution in [-0.2, 0) is 13.0 Å². The van der Waals surface area contributed by atoms with Gasteiger partial charge in [0.2, 0.25) is 0 Å². The molecule has 1 unspecified atom stereocenters. The minimum absolute atomic E-state index is 0.0888. The number of nitrogens with two attached hydrogens (primary N) is 1. The van der Waals surface area contributed by atoms with Crippen molar-refractivity contribution < 1.29 is 8.78 Å². The van der Waals surface area contributed by atoms with Crippen molar-refractivity contribution in [3.05, 3.63) is 52.3 Å². The van der Waals surface area contributed by atoms with Crippen LogP contribution in [0.2, 0.25) is 0 Å². The van der Waals surface area contributed by atoms with Gasteiger partial charge in [0.15, 0.2) is 0 Å². The summed E-state index contributed by atoms with van der Waals surface area (Å²) >= 11 is 0. The molecule has 0 amide bonds. The molecule has 0 bridgehead atoms. The molecule has 0 fully saturated rings. The van der Waals surface area contributed by atoms with E-state index in [1.54, 1.807) is 4.68 Å². The maximum atomic E-state index is 13.7. The normalized spacial score (nSPS) is 12.7. The van der Waals surface area contributed by atoms with Crippen molar-refractivity contribution in [3.63, 3.8) is 0 Å². The van der Waals surface area contributed by atoms with Crippen molar-refractivity contribution in [1.82, 2.24) is 9.78 Å². The molecule has 2 N–H and O–H groups in total. The highest BCUT2D eigenvalue weighted by atomic mass is 19.1. The van der Waals surface area contributed by atoms with Gasteiger partial charge in [-0.25, -0.2) is 8.78 Å². The van der Waals surface area contributed by atoms with Gasteiger partial charge in [0, 0.05) is 17.3 Å². The number of rotatable bonds is 5. The highest BCUT2D eigenvalue weighted by molar-refractivity contribution is 5.27. The maximum Gasteiger partial charge on any atom is 0.128 e. The molecule has 0 aliphatic carbocycles. The number of aromatic nitrogens is 2. The topological polar surface area (TPSA) is 43.8 Å². The van der Waals surface area contributed by atoms with Gasteiger partial charge in [-0.1, -0.05) is 6.92 Å². The lowest BCUT2D eigenvalue weighted by Crippen LogP contribution is -2.22. The standard InChI is InChI=1S/C16H21F2N3/c1-4-14(19)8-15-10(2)20-21(11(15)3)9-12-7-13(17)5-6-16(12)18/h5-7,14H,4,8-9,19H2,1-3H3. The molecule has 1 aromatic carbocycles. The van der Waals surface area contributed by atoms with E-state index >= 15 is 0 Å². The lowest BCUT2D eigenvalue weighted by Gasteiger charge is -2.10. The van der Waals surface area contributed by atoms with Crippen LogP contribution < -0.4 is 5.73 Å². The Bertz CT molecular complexity index is 635. The third-order valence-electron chi connectivity index (χ3n) is 3.85. The van der Waals surface area contributed by atoms with Gasteiger partial charge in [0.25, 0.3) is 0 Å². The van der Waals surface area contributed by atoms with Crippen molar-refractivity contribution in [2.45, 2.75) is 46.2 Å².